The highest BCUT2D eigenvalue weighted by atomic mass is 19.3. The molecule has 0 spiro atoms. The number of nitrogens with zero attached hydrogens (tertiary/aromatic N) is 1. The van der Waals surface area contributed by atoms with Gasteiger partial charge in [-0.3, -0.25) is 0 Å². The maximum absolute atomic E-state index is 12.7. The molecule has 0 saturated carbocycles. The summed E-state index contributed by atoms with van der Waals surface area (Å²) in [5.41, 5.74) is 0.0227. The van der Waals surface area contributed by atoms with Gasteiger partial charge in [0.05, 0.1) is 23.8 Å². The molecule has 0 aliphatic rings. The average molecular weight is 253 g/mol. The van der Waals surface area contributed by atoms with Crippen LogP contribution in [0.2, 0.25) is 0 Å². The second-order valence-electron chi connectivity index (χ2n) is 3.54. The molecule has 0 radical (unpaired) electrons. The second-order valence-corrected chi connectivity index (χ2v) is 3.54. The van der Waals surface area contributed by atoms with E-state index in [0.29, 0.717) is 12.0 Å². The van der Waals surface area contributed by atoms with Gasteiger partial charge in [0.15, 0.2) is 0 Å². The summed E-state index contributed by atoms with van der Waals surface area (Å²) in [6, 6.07) is 4.14. The predicted molar refractivity (Wildman–Crippen MR) is 61.4 cm³/mol. The Bertz CT molecular complexity index is 492. The molecule has 5 heteroatoms. The van der Waals surface area contributed by atoms with Crippen LogP contribution in [0.4, 0.5) is 8.78 Å². The molecule has 0 aliphatic heterocycles. The minimum atomic E-state index is -2.74. The van der Waals surface area contributed by atoms with E-state index < -0.39 is 12.4 Å². The number of hydrogen-bond acceptors (Lipinski definition) is 3. The zero-order chi connectivity index (χ0) is 13.7. The van der Waals surface area contributed by atoms with E-state index >= 15 is 0 Å². The van der Waals surface area contributed by atoms with Gasteiger partial charge >= 0.3 is 5.97 Å². The van der Waals surface area contributed by atoms with E-state index in [1.165, 1.54) is 6.07 Å². The van der Waals surface area contributed by atoms with Crippen molar-refractivity contribution >= 4 is 5.97 Å². The molecule has 0 bridgehead atoms. The van der Waals surface area contributed by atoms with Gasteiger partial charge in [-0.2, -0.15) is 5.26 Å². The standard InChI is InChI=1S/C13H13F2NO2/c1-3-8-10(13(17)18-4-2)6-5-9(12(14)15)11(8)7-16/h5-6,12H,3-4H2,1-2H3. The third-order valence-corrected chi connectivity index (χ3v) is 2.54. The number of benzene rings is 1. The van der Waals surface area contributed by atoms with E-state index in [9.17, 15) is 13.6 Å². The molecule has 1 aromatic rings. The number of rotatable bonds is 4. The fraction of sp³-hybridized carbons (Fsp3) is 0.385. The largest absolute Gasteiger partial charge is 0.462 e. The number of esters is 1. The van der Waals surface area contributed by atoms with Gasteiger partial charge in [-0.15, -0.1) is 0 Å². The summed E-state index contributed by atoms with van der Waals surface area (Å²) in [5, 5.41) is 8.98. The van der Waals surface area contributed by atoms with Crippen molar-refractivity contribution in [1.82, 2.24) is 0 Å². The van der Waals surface area contributed by atoms with Crippen molar-refractivity contribution in [3.05, 3.63) is 34.4 Å². The number of carbonyl (C=O) groups is 1. The number of nitriles is 1. The molecule has 0 saturated heterocycles. The highest BCUT2D eigenvalue weighted by molar-refractivity contribution is 5.92. The Morgan fingerprint density at radius 3 is 2.56 bits per heavy atom. The quantitative estimate of drug-likeness (QED) is 0.774. The Morgan fingerprint density at radius 2 is 2.11 bits per heavy atom. The maximum atomic E-state index is 12.7. The van der Waals surface area contributed by atoms with Crippen LogP contribution in [0.15, 0.2) is 12.1 Å². The molecule has 1 aromatic carbocycles. The second kappa shape index (κ2) is 6.10. The van der Waals surface area contributed by atoms with Gasteiger partial charge in [-0.25, -0.2) is 13.6 Å². The third kappa shape index (κ3) is 2.65. The van der Waals surface area contributed by atoms with Crippen LogP contribution in [0.25, 0.3) is 0 Å². The van der Waals surface area contributed by atoms with Crippen molar-refractivity contribution in [1.29, 1.82) is 5.26 Å². The minimum absolute atomic E-state index is 0.127. The average Bonchev–Trinajstić information content (AvgIpc) is 2.36. The van der Waals surface area contributed by atoms with Crippen molar-refractivity contribution < 1.29 is 18.3 Å². The van der Waals surface area contributed by atoms with Gasteiger partial charge < -0.3 is 4.74 Å². The monoisotopic (exact) mass is 253 g/mol. The van der Waals surface area contributed by atoms with Crippen LogP contribution in [0, 0.1) is 11.3 Å². The summed E-state index contributed by atoms with van der Waals surface area (Å²) < 4.78 is 30.3. The lowest BCUT2D eigenvalue weighted by Gasteiger charge is -2.12. The fourth-order valence-electron chi connectivity index (χ4n) is 1.75. The topological polar surface area (TPSA) is 50.1 Å². The summed E-state index contributed by atoms with van der Waals surface area (Å²) in [7, 11) is 0. The molecule has 3 nitrogen and oxygen atoms in total. The highest BCUT2D eigenvalue weighted by Gasteiger charge is 2.21. The molecule has 96 valence electrons. The van der Waals surface area contributed by atoms with E-state index in [0.717, 1.165) is 6.07 Å². The van der Waals surface area contributed by atoms with Crippen molar-refractivity contribution in [3.8, 4) is 6.07 Å². The summed E-state index contributed by atoms with van der Waals surface area (Å²) in [6.07, 6.45) is -2.42. The lowest BCUT2D eigenvalue weighted by molar-refractivity contribution is 0.0524. The summed E-state index contributed by atoms with van der Waals surface area (Å²) in [5.74, 6) is -0.591. The SMILES string of the molecule is CCOC(=O)c1ccc(C(F)F)c(C#N)c1CC. The Morgan fingerprint density at radius 1 is 1.44 bits per heavy atom. The van der Waals surface area contributed by atoms with Crippen LogP contribution < -0.4 is 0 Å². The van der Waals surface area contributed by atoms with Crippen LogP contribution in [0.1, 0.15) is 47.3 Å². The zero-order valence-electron chi connectivity index (χ0n) is 10.2. The normalized spacial score (nSPS) is 10.2. The van der Waals surface area contributed by atoms with E-state index in [1.807, 2.05) is 0 Å². The lowest BCUT2D eigenvalue weighted by atomic mass is 9.95. The molecule has 0 N–H and O–H groups in total. The molecule has 1 rings (SSSR count). The van der Waals surface area contributed by atoms with E-state index in [4.69, 9.17) is 10.00 Å². The van der Waals surface area contributed by atoms with Crippen LogP contribution in [0.5, 0.6) is 0 Å². The summed E-state index contributed by atoms with van der Waals surface area (Å²) in [6.45, 7) is 3.55. The molecule has 0 atom stereocenters. The molecule has 0 fully saturated rings. The smallest absolute Gasteiger partial charge is 0.338 e. The van der Waals surface area contributed by atoms with Crippen molar-refractivity contribution in [3.63, 3.8) is 0 Å². The van der Waals surface area contributed by atoms with Gasteiger partial charge in [-0.1, -0.05) is 13.0 Å². The first-order chi connectivity index (χ1) is 8.56. The van der Waals surface area contributed by atoms with E-state index in [1.54, 1.807) is 19.9 Å². The van der Waals surface area contributed by atoms with E-state index in [2.05, 4.69) is 0 Å². The fourth-order valence-corrected chi connectivity index (χ4v) is 1.75. The maximum Gasteiger partial charge on any atom is 0.338 e. The molecule has 0 heterocycles. The molecular formula is C13H13F2NO2. The zero-order valence-corrected chi connectivity index (χ0v) is 10.2. The first-order valence-corrected chi connectivity index (χ1v) is 5.57. The van der Waals surface area contributed by atoms with Gasteiger partial charge in [-0.05, 0) is 25.0 Å². The van der Waals surface area contributed by atoms with Crippen molar-refractivity contribution in [2.45, 2.75) is 26.7 Å². The molecule has 18 heavy (non-hydrogen) atoms. The summed E-state index contributed by atoms with van der Waals surface area (Å²) >= 11 is 0. The molecule has 0 unspecified atom stereocenters. The molecular weight excluding hydrogens is 240 g/mol. The number of halogens is 2. The van der Waals surface area contributed by atoms with Gasteiger partial charge in [0, 0.05) is 5.56 Å². The molecule has 0 aromatic heterocycles. The first kappa shape index (κ1) is 14.1. The van der Waals surface area contributed by atoms with Gasteiger partial charge in [0.25, 0.3) is 6.43 Å². The third-order valence-electron chi connectivity index (χ3n) is 2.54. The Kier molecular flexibility index (Phi) is 4.78. The van der Waals surface area contributed by atoms with Crippen molar-refractivity contribution in [2.75, 3.05) is 6.61 Å². The highest BCUT2D eigenvalue weighted by Crippen LogP contribution is 2.28. The Balaban J connectivity index is 3.40. The van der Waals surface area contributed by atoms with Gasteiger partial charge in [0.1, 0.15) is 0 Å². The number of alkyl halides is 2. The Labute approximate surface area is 104 Å². The number of carbonyl (C=O) groups excluding carboxylic acids is 1. The van der Waals surface area contributed by atoms with Crippen molar-refractivity contribution in [2.24, 2.45) is 0 Å². The minimum Gasteiger partial charge on any atom is -0.462 e. The predicted octanol–water partition coefficient (Wildman–Crippen LogP) is 3.23. The summed E-state index contributed by atoms with van der Waals surface area (Å²) in [4.78, 5) is 11.7. The van der Waals surface area contributed by atoms with E-state index in [-0.39, 0.29) is 23.3 Å². The van der Waals surface area contributed by atoms with Gasteiger partial charge in [0.2, 0.25) is 0 Å². The van der Waals surface area contributed by atoms with Crippen LogP contribution >= 0.6 is 0 Å². The Hall–Kier alpha value is -1.96. The number of hydrogen-bond donors (Lipinski definition) is 0. The van der Waals surface area contributed by atoms with Crippen LogP contribution in [-0.4, -0.2) is 12.6 Å². The molecule has 0 aliphatic carbocycles. The number of ether oxygens (including phenoxy) is 1. The molecule has 0 amide bonds. The lowest BCUT2D eigenvalue weighted by Crippen LogP contribution is -2.10. The first-order valence-electron chi connectivity index (χ1n) is 5.57. The van der Waals surface area contributed by atoms with Crippen LogP contribution in [0.3, 0.4) is 0 Å². The van der Waals surface area contributed by atoms with Crippen LogP contribution in [-0.2, 0) is 11.2 Å².